The first-order valence-corrected chi connectivity index (χ1v) is 20.9. The van der Waals surface area contributed by atoms with E-state index >= 15 is 4.39 Å². The number of fused-ring (bicyclic) bond motifs is 7. The number of aryl methyl sites for hydroxylation is 3. The quantitative estimate of drug-likeness (QED) is 0.146. The van der Waals surface area contributed by atoms with Crippen LogP contribution in [0.5, 0.6) is 0 Å². The maximum absolute atomic E-state index is 15.6. The van der Waals surface area contributed by atoms with Gasteiger partial charge in [-0.3, -0.25) is 33.8 Å². The van der Waals surface area contributed by atoms with Crippen molar-refractivity contribution in [1.82, 2.24) is 34.6 Å². The van der Waals surface area contributed by atoms with Crippen LogP contribution in [0.1, 0.15) is 83.7 Å². The normalized spacial score (nSPS) is 20.4. The molecule has 12 nitrogen and oxygen atoms in total. The topological polar surface area (TPSA) is 137 Å². The summed E-state index contributed by atoms with van der Waals surface area (Å²) in [6.45, 7) is 4.24. The number of nitrogens with one attached hydrogen (secondary N) is 3. The van der Waals surface area contributed by atoms with E-state index in [0.29, 0.717) is 30.1 Å². The molecule has 1 spiro atoms. The third kappa shape index (κ3) is 5.99. The lowest BCUT2D eigenvalue weighted by Crippen LogP contribution is -2.65. The van der Waals surface area contributed by atoms with Crippen molar-refractivity contribution in [2.24, 2.45) is 13.0 Å². The number of carbonyl (C=O) groups excluding carboxylic acids is 3. The fourth-order valence-electron chi connectivity index (χ4n) is 10.8. The van der Waals surface area contributed by atoms with E-state index in [4.69, 9.17) is 4.98 Å². The Kier molecular flexibility index (Phi) is 8.92. The molecule has 2 aromatic carbocycles. The molecule has 7 heterocycles. The molecule has 1 atom stereocenters. The predicted octanol–water partition coefficient (Wildman–Crippen LogP) is 5.17. The summed E-state index contributed by atoms with van der Waals surface area (Å²) >= 11 is 0. The number of pyridine rings is 1. The lowest BCUT2D eigenvalue weighted by molar-refractivity contribution is -0.135. The zero-order valence-electron chi connectivity index (χ0n) is 33.1. The number of rotatable bonds is 8. The van der Waals surface area contributed by atoms with Gasteiger partial charge in [0.2, 0.25) is 11.8 Å². The van der Waals surface area contributed by atoms with E-state index in [2.05, 4.69) is 38.5 Å². The molecular formula is C45H49FN8O4. The van der Waals surface area contributed by atoms with Gasteiger partial charge in [-0.25, -0.2) is 9.18 Å². The Balaban J connectivity index is 0.793. The molecule has 10 rings (SSSR count). The third-order valence-electron chi connectivity index (χ3n) is 13.7. The molecule has 3 saturated heterocycles. The number of piperidine rings is 2. The summed E-state index contributed by atoms with van der Waals surface area (Å²) in [5.41, 5.74) is 10.4. The molecule has 1 aliphatic carbocycles. The van der Waals surface area contributed by atoms with Crippen molar-refractivity contribution in [3.8, 4) is 22.5 Å². The minimum atomic E-state index is -0.690. The number of aromatic nitrogens is 4. The number of unbranched alkanes of at least 4 members (excludes halogenated alkanes) is 1. The number of H-pyrrole nitrogens is 1. The lowest BCUT2D eigenvalue weighted by Gasteiger charge is -2.50. The molecule has 58 heavy (non-hydrogen) atoms. The molecule has 13 heteroatoms. The average Bonchev–Trinajstić information content (AvgIpc) is 3.74. The number of hydrogen-bond donors (Lipinski definition) is 3. The van der Waals surface area contributed by atoms with E-state index in [1.54, 1.807) is 22.2 Å². The fourth-order valence-corrected chi connectivity index (χ4v) is 10.8. The Morgan fingerprint density at radius 1 is 0.931 bits per heavy atom. The third-order valence-corrected chi connectivity index (χ3v) is 13.7. The lowest BCUT2D eigenvalue weighted by atomic mass is 9.73. The predicted molar refractivity (Wildman–Crippen MR) is 219 cm³/mol. The number of hydrogen-bond acceptors (Lipinski definition) is 7. The first-order valence-electron chi connectivity index (χ1n) is 20.9. The molecule has 5 aliphatic rings. The standard InChI is InChI=1S/C45H49FN8O4/c1-51-24-45(25-51)23-48-43(57)38-30-12-10-28-22-47-34(21-31(28)39(30)50-41(38)45)32-20-29(11-13-33(32)46)53-18-16-26(17-19-53)6-3-4-7-27-8-5-9-35-40(27)52(2)44(58)54(35)36-14-15-37(55)49-42(36)56/h5,8-9,11,13,20-22,26,36,50H,3-4,6-7,10,12,14-19,23-25H2,1-2H3,(H,48,57)(H,49,55,56). The van der Waals surface area contributed by atoms with Gasteiger partial charge in [-0.15, -0.1) is 0 Å². The number of benzene rings is 2. The number of anilines is 1. The Morgan fingerprint density at radius 2 is 1.76 bits per heavy atom. The Labute approximate surface area is 335 Å². The van der Waals surface area contributed by atoms with Gasteiger partial charge in [0.05, 0.1) is 33.4 Å². The molecule has 0 bridgehead atoms. The van der Waals surface area contributed by atoms with E-state index in [9.17, 15) is 19.2 Å². The molecule has 3 amide bonds. The molecular weight excluding hydrogens is 736 g/mol. The maximum Gasteiger partial charge on any atom is 0.329 e. The number of imide groups is 1. The number of halogens is 1. The number of imidazole rings is 1. The minimum absolute atomic E-state index is 0.00337. The maximum atomic E-state index is 15.6. The van der Waals surface area contributed by atoms with Gasteiger partial charge in [0.15, 0.2) is 0 Å². The summed E-state index contributed by atoms with van der Waals surface area (Å²) in [7, 11) is 3.86. The summed E-state index contributed by atoms with van der Waals surface area (Å²) < 4.78 is 18.8. The highest BCUT2D eigenvalue weighted by Crippen LogP contribution is 2.45. The summed E-state index contributed by atoms with van der Waals surface area (Å²) in [6, 6.07) is 12.6. The van der Waals surface area contributed by atoms with Gasteiger partial charge in [0.25, 0.3) is 5.91 Å². The first-order chi connectivity index (χ1) is 28.1. The Morgan fingerprint density at radius 3 is 2.55 bits per heavy atom. The number of aromatic amines is 1. The SMILES string of the molecule is CN1CC2(CNC(=O)c3c2[nH]c2c3CCc3cnc(-c4cc(N5CCC(CCCCc6cccc7c6n(C)c(=O)n7C6CCC(=O)NC6=O)CC5)ccc4F)cc3-2)C1. The number of likely N-dealkylation sites (tertiary alicyclic amines) is 1. The van der Waals surface area contributed by atoms with Crippen LogP contribution >= 0.6 is 0 Å². The van der Waals surface area contributed by atoms with Gasteiger partial charge >= 0.3 is 5.69 Å². The van der Waals surface area contributed by atoms with E-state index in [0.717, 1.165) is 133 Å². The van der Waals surface area contributed by atoms with E-state index in [1.807, 2.05) is 36.5 Å². The molecule has 1 unspecified atom stereocenters. The molecule has 0 radical (unpaired) electrons. The van der Waals surface area contributed by atoms with Crippen LogP contribution in [0.2, 0.25) is 0 Å². The second kappa shape index (κ2) is 14.1. The van der Waals surface area contributed by atoms with E-state index in [-0.39, 0.29) is 35.2 Å². The number of likely N-dealkylation sites (N-methyl/N-ethyl adjacent to an activating group) is 1. The zero-order valence-corrected chi connectivity index (χ0v) is 33.1. The van der Waals surface area contributed by atoms with Crippen LogP contribution in [-0.2, 0) is 41.3 Å². The highest BCUT2D eigenvalue weighted by Gasteiger charge is 2.50. The number of carbonyl (C=O) groups is 3. The van der Waals surface area contributed by atoms with Crippen LogP contribution in [0, 0.1) is 11.7 Å². The Bertz CT molecular complexity index is 2570. The van der Waals surface area contributed by atoms with Gasteiger partial charge in [0, 0.05) is 74.9 Å². The van der Waals surface area contributed by atoms with Gasteiger partial charge in [0.1, 0.15) is 11.9 Å². The summed E-state index contributed by atoms with van der Waals surface area (Å²) in [4.78, 5) is 64.0. The highest BCUT2D eigenvalue weighted by atomic mass is 19.1. The van der Waals surface area contributed by atoms with Crippen molar-refractivity contribution in [3.63, 3.8) is 0 Å². The monoisotopic (exact) mass is 784 g/mol. The van der Waals surface area contributed by atoms with Crippen LogP contribution < -0.4 is 21.2 Å². The smallest absolute Gasteiger partial charge is 0.329 e. The van der Waals surface area contributed by atoms with Crippen molar-refractivity contribution in [1.29, 1.82) is 0 Å². The van der Waals surface area contributed by atoms with Crippen LogP contribution in [0.25, 0.3) is 33.5 Å². The molecule has 3 fully saturated rings. The minimum Gasteiger partial charge on any atom is -0.371 e. The van der Waals surface area contributed by atoms with E-state index in [1.165, 1.54) is 0 Å². The van der Waals surface area contributed by atoms with Crippen molar-refractivity contribution in [2.75, 3.05) is 44.7 Å². The van der Waals surface area contributed by atoms with Crippen LogP contribution in [-0.4, -0.2) is 81.5 Å². The number of nitrogens with zero attached hydrogens (tertiary/aromatic N) is 5. The second-order valence-corrected chi connectivity index (χ2v) is 17.4. The van der Waals surface area contributed by atoms with Gasteiger partial charge in [-0.1, -0.05) is 25.0 Å². The fraction of sp³-hybridized carbons (Fsp3) is 0.444. The highest BCUT2D eigenvalue weighted by molar-refractivity contribution is 6.02. The molecule has 300 valence electrons. The average molecular weight is 785 g/mol. The largest absolute Gasteiger partial charge is 0.371 e. The van der Waals surface area contributed by atoms with Crippen LogP contribution in [0.4, 0.5) is 10.1 Å². The molecule has 5 aromatic rings. The van der Waals surface area contributed by atoms with Crippen molar-refractivity contribution in [2.45, 2.75) is 75.7 Å². The summed E-state index contributed by atoms with van der Waals surface area (Å²) in [6.07, 6.45) is 10.1. The van der Waals surface area contributed by atoms with Crippen molar-refractivity contribution < 1.29 is 18.8 Å². The van der Waals surface area contributed by atoms with Crippen molar-refractivity contribution >= 4 is 34.4 Å². The number of amides is 3. The number of para-hydroxylation sites is 1. The molecule has 4 aliphatic heterocycles. The molecule has 3 N–H and O–H groups in total. The van der Waals surface area contributed by atoms with Crippen LogP contribution in [0.15, 0.2) is 53.5 Å². The zero-order chi connectivity index (χ0) is 39.9. The first kappa shape index (κ1) is 36.8. The second-order valence-electron chi connectivity index (χ2n) is 17.4. The van der Waals surface area contributed by atoms with Crippen molar-refractivity contribution in [3.05, 3.63) is 92.9 Å². The van der Waals surface area contributed by atoms with Gasteiger partial charge in [-0.2, -0.15) is 0 Å². The molecule has 3 aromatic heterocycles. The van der Waals surface area contributed by atoms with Gasteiger partial charge in [-0.05, 0) is 105 Å². The van der Waals surface area contributed by atoms with Crippen LogP contribution in [0.3, 0.4) is 0 Å². The summed E-state index contributed by atoms with van der Waals surface area (Å²) in [5.74, 6) is -0.415. The molecule has 0 saturated carbocycles. The summed E-state index contributed by atoms with van der Waals surface area (Å²) in [5, 5.41) is 5.54. The Hall–Kier alpha value is -5.56. The van der Waals surface area contributed by atoms with Gasteiger partial charge < -0.3 is 20.1 Å². The van der Waals surface area contributed by atoms with E-state index < -0.39 is 11.9 Å².